The Hall–Kier alpha value is -1.91. The number of amides is 1. The molecule has 0 bridgehead atoms. The molecule has 0 unspecified atom stereocenters. The molecule has 1 fully saturated rings. The number of aromatic nitrogens is 3. The fraction of sp³-hybridized carbons (Fsp3) is 0.588. The molecular formula is C17H24N4O. The van der Waals surface area contributed by atoms with Crippen LogP contribution in [0.2, 0.25) is 0 Å². The lowest BCUT2D eigenvalue weighted by molar-refractivity contribution is 0.0763. The van der Waals surface area contributed by atoms with Gasteiger partial charge in [0.15, 0.2) is 5.65 Å². The van der Waals surface area contributed by atoms with Crippen molar-refractivity contribution in [3.8, 4) is 0 Å². The standard InChI is InChI=1S/C17H24N4O/c1-12(2)21-16-15(11-18-21)14(10-13(3)19-16)17(22)20-8-6-4-5-7-9-20/h10-12H,4-9H2,1-3H3. The number of nitrogens with zero attached hydrogens (tertiary/aromatic N) is 4. The molecule has 118 valence electrons. The maximum absolute atomic E-state index is 13.0. The molecular weight excluding hydrogens is 276 g/mol. The number of aryl methyl sites for hydroxylation is 1. The summed E-state index contributed by atoms with van der Waals surface area (Å²) in [7, 11) is 0. The first-order chi connectivity index (χ1) is 10.6. The Balaban J connectivity index is 2.04. The summed E-state index contributed by atoms with van der Waals surface area (Å²) in [5, 5.41) is 5.30. The molecule has 0 atom stereocenters. The highest BCUT2D eigenvalue weighted by Gasteiger charge is 2.22. The molecule has 0 saturated carbocycles. The first-order valence-electron chi connectivity index (χ1n) is 8.22. The summed E-state index contributed by atoms with van der Waals surface area (Å²) < 4.78 is 1.89. The second-order valence-electron chi connectivity index (χ2n) is 6.44. The van der Waals surface area contributed by atoms with E-state index in [1.807, 2.05) is 22.6 Å². The van der Waals surface area contributed by atoms with Gasteiger partial charge in [-0.1, -0.05) is 12.8 Å². The Bertz CT molecular complexity index is 681. The number of rotatable bonds is 2. The molecule has 22 heavy (non-hydrogen) atoms. The van der Waals surface area contributed by atoms with E-state index in [2.05, 4.69) is 23.9 Å². The number of hydrogen-bond acceptors (Lipinski definition) is 3. The molecule has 0 aromatic carbocycles. The average Bonchev–Trinajstić information content (AvgIpc) is 2.72. The van der Waals surface area contributed by atoms with Gasteiger partial charge in [0.1, 0.15) is 0 Å². The van der Waals surface area contributed by atoms with Crippen molar-refractivity contribution in [3.63, 3.8) is 0 Å². The summed E-state index contributed by atoms with van der Waals surface area (Å²) in [6, 6.07) is 2.13. The molecule has 5 heteroatoms. The van der Waals surface area contributed by atoms with E-state index in [0.29, 0.717) is 0 Å². The molecule has 2 aromatic heterocycles. The van der Waals surface area contributed by atoms with E-state index in [1.165, 1.54) is 12.8 Å². The third kappa shape index (κ3) is 2.72. The van der Waals surface area contributed by atoms with Gasteiger partial charge in [0.25, 0.3) is 5.91 Å². The van der Waals surface area contributed by atoms with Crippen LogP contribution in [0.1, 0.15) is 61.6 Å². The second kappa shape index (κ2) is 6.07. The lowest BCUT2D eigenvalue weighted by Crippen LogP contribution is -2.32. The van der Waals surface area contributed by atoms with Gasteiger partial charge in [-0.25, -0.2) is 9.67 Å². The topological polar surface area (TPSA) is 51.0 Å². The zero-order valence-corrected chi connectivity index (χ0v) is 13.7. The highest BCUT2D eigenvalue weighted by molar-refractivity contribution is 6.05. The SMILES string of the molecule is Cc1cc(C(=O)N2CCCCCC2)c2cnn(C(C)C)c2n1. The third-order valence-electron chi connectivity index (χ3n) is 4.31. The van der Waals surface area contributed by atoms with Crippen molar-refractivity contribution in [2.45, 2.75) is 52.5 Å². The van der Waals surface area contributed by atoms with Crippen molar-refractivity contribution in [2.24, 2.45) is 0 Å². The van der Waals surface area contributed by atoms with E-state index < -0.39 is 0 Å². The van der Waals surface area contributed by atoms with Crippen molar-refractivity contribution in [3.05, 3.63) is 23.5 Å². The van der Waals surface area contributed by atoms with E-state index in [9.17, 15) is 4.79 Å². The minimum Gasteiger partial charge on any atom is -0.339 e. The maximum atomic E-state index is 13.0. The summed E-state index contributed by atoms with van der Waals surface area (Å²) in [6.45, 7) is 7.82. The molecule has 0 N–H and O–H groups in total. The Morgan fingerprint density at radius 1 is 1.18 bits per heavy atom. The van der Waals surface area contributed by atoms with Crippen LogP contribution in [0.4, 0.5) is 0 Å². The van der Waals surface area contributed by atoms with Crippen molar-refractivity contribution in [1.82, 2.24) is 19.7 Å². The van der Waals surface area contributed by atoms with Crippen molar-refractivity contribution < 1.29 is 4.79 Å². The third-order valence-corrected chi connectivity index (χ3v) is 4.31. The molecule has 0 spiro atoms. The molecule has 3 heterocycles. The fourth-order valence-electron chi connectivity index (χ4n) is 3.14. The van der Waals surface area contributed by atoms with Gasteiger partial charge >= 0.3 is 0 Å². The molecule has 1 aliphatic rings. The van der Waals surface area contributed by atoms with Crippen LogP contribution in [0.15, 0.2) is 12.3 Å². The van der Waals surface area contributed by atoms with Crippen LogP contribution >= 0.6 is 0 Å². The number of carbonyl (C=O) groups is 1. The van der Waals surface area contributed by atoms with E-state index in [4.69, 9.17) is 0 Å². The van der Waals surface area contributed by atoms with Crippen LogP contribution in [0, 0.1) is 6.92 Å². The van der Waals surface area contributed by atoms with E-state index in [-0.39, 0.29) is 11.9 Å². The highest BCUT2D eigenvalue weighted by Crippen LogP contribution is 2.23. The first kappa shape index (κ1) is 15.0. The minimum atomic E-state index is 0.126. The van der Waals surface area contributed by atoms with Gasteiger partial charge in [-0.3, -0.25) is 4.79 Å². The molecule has 5 nitrogen and oxygen atoms in total. The highest BCUT2D eigenvalue weighted by atomic mass is 16.2. The van der Waals surface area contributed by atoms with Gasteiger partial charge in [0.2, 0.25) is 0 Å². The fourth-order valence-corrected chi connectivity index (χ4v) is 3.14. The van der Waals surface area contributed by atoms with Gasteiger partial charge in [0, 0.05) is 24.8 Å². The quantitative estimate of drug-likeness (QED) is 0.854. The van der Waals surface area contributed by atoms with E-state index in [1.54, 1.807) is 6.20 Å². The lowest BCUT2D eigenvalue weighted by Gasteiger charge is -2.21. The van der Waals surface area contributed by atoms with Gasteiger partial charge in [-0.05, 0) is 39.7 Å². The van der Waals surface area contributed by atoms with Gasteiger partial charge in [0.05, 0.1) is 17.1 Å². The Labute approximate surface area is 131 Å². The second-order valence-corrected chi connectivity index (χ2v) is 6.44. The van der Waals surface area contributed by atoms with Crippen LogP contribution in [-0.2, 0) is 0 Å². The molecule has 0 aliphatic carbocycles. The predicted molar refractivity (Wildman–Crippen MR) is 87.0 cm³/mol. The number of hydrogen-bond donors (Lipinski definition) is 0. The summed E-state index contributed by atoms with van der Waals surface area (Å²) in [4.78, 5) is 19.5. The summed E-state index contributed by atoms with van der Waals surface area (Å²) in [6.07, 6.45) is 6.43. The number of carbonyl (C=O) groups excluding carboxylic acids is 1. The van der Waals surface area contributed by atoms with Crippen molar-refractivity contribution in [1.29, 1.82) is 0 Å². The number of fused-ring (bicyclic) bond motifs is 1. The average molecular weight is 300 g/mol. The maximum Gasteiger partial charge on any atom is 0.254 e. The van der Waals surface area contributed by atoms with Gasteiger partial charge in [-0.2, -0.15) is 5.10 Å². The number of pyridine rings is 1. The summed E-state index contributed by atoms with van der Waals surface area (Å²) >= 11 is 0. The number of likely N-dealkylation sites (tertiary alicyclic amines) is 1. The van der Waals surface area contributed by atoms with Crippen LogP contribution in [0.3, 0.4) is 0 Å². The lowest BCUT2D eigenvalue weighted by atomic mass is 10.1. The molecule has 1 amide bonds. The zero-order chi connectivity index (χ0) is 15.7. The van der Waals surface area contributed by atoms with Gasteiger partial charge in [-0.15, -0.1) is 0 Å². The van der Waals surface area contributed by atoms with E-state index in [0.717, 1.165) is 48.2 Å². The van der Waals surface area contributed by atoms with Crippen LogP contribution in [-0.4, -0.2) is 38.7 Å². The summed E-state index contributed by atoms with van der Waals surface area (Å²) in [5.74, 6) is 0.126. The molecule has 1 aliphatic heterocycles. The predicted octanol–water partition coefficient (Wildman–Crippen LogP) is 3.34. The largest absolute Gasteiger partial charge is 0.339 e. The zero-order valence-electron chi connectivity index (χ0n) is 13.7. The van der Waals surface area contributed by atoms with Gasteiger partial charge < -0.3 is 4.90 Å². The van der Waals surface area contributed by atoms with E-state index >= 15 is 0 Å². The monoisotopic (exact) mass is 300 g/mol. The normalized spacial score (nSPS) is 16.3. The molecule has 0 radical (unpaired) electrons. The Morgan fingerprint density at radius 2 is 1.86 bits per heavy atom. The minimum absolute atomic E-state index is 0.126. The van der Waals surface area contributed by atoms with Crippen molar-refractivity contribution in [2.75, 3.05) is 13.1 Å². The van der Waals surface area contributed by atoms with Crippen LogP contribution in [0.25, 0.3) is 11.0 Å². The smallest absolute Gasteiger partial charge is 0.254 e. The summed E-state index contributed by atoms with van der Waals surface area (Å²) in [5.41, 5.74) is 2.43. The Kier molecular flexibility index (Phi) is 4.14. The Morgan fingerprint density at radius 3 is 2.50 bits per heavy atom. The first-order valence-corrected chi connectivity index (χ1v) is 8.22. The molecule has 1 saturated heterocycles. The molecule has 2 aromatic rings. The van der Waals surface area contributed by atoms with Crippen molar-refractivity contribution >= 4 is 16.9 Å². The van der Waals surface area contributed by atoms with Crippen LogP contribution < -0.4 is 0 Å². The molecule has 3 rings (SSSR count). The van der Waals surface area contributed by atoms with Crippen LogP contribution in [0.5, 0.6) is 0 Å².